The largest absolute Gasteiger partial charge is 0.495 e. The van der Waals surface area contributed by atoms with Crippen LogP contribution in [0.25, 0.3) is 16.9 Å². The van der Waals surface area contributed by atoms with Gasteiger partial charge in [0.25, 0.3) is 5.91 Å². The van der Waals surface area contributed by atoms with Gasteiger partial charge in [-0.2, -0.15) is 0 Å². The first-order chi connectivity index (χ1) is 13.0. The molecular weight excluding hydrogens is 426 g/mol. The fraction of sp³-hybridized carbons (Fsp3) is 0.100. The van der Waals surface area contributed by atoms with Gasteiger partial charge in [0.15, 0.2) is 0 Å². The van der Waals surface area contributed by atoms with E-state index in [0.717, 1.165) is 26.9 Å². The summed E-state index contributed by atoms with van der Waals surface area (Å²) in [5, 5.41) is 4.81. The van der Waals surface area contributed by atoms with E-state index in [1.807, 2.05) is 59.4 Å². The molecule has 1 aromatic carbocycles. The highest BCUT2D eigenvalue weighted by molar-refractivity contribution is 9.10. The first kappa shape index (κ1) is 17.8. The van der Waals surface area contributed by atoms with Crippen molar-refractivity contribution in [2.45, 2.75) is 6.92 Å². The van der Waals surface area contributed by atoms with Crippen molar-refractivity contribution in [3.63, 3.8) is 0 Å². The van der Waals surface area contributed by atoms with Crippen molar-refractivity contribution < 1.29 is 9.53 Å². The van der Waals surface area contributed by atoms with Gasteiger partial charge in [-0.25, -0.2) is 4.98 Å². The van der Waals surface area contributed by atoms with Crippen LogP contribution in [-0.2, 0) is 0 Å². The second-order valence-corrected chi connectivity index (χ2v) is 7.92. The lowest BCUT2D eigenvalue weighted by molar-refractivity contribution is 0.103. The standard InChI is InChI=1S/C20H16BrN3O2S/c1-12-5-6-24-10-16(22-19(24)7-12)13-3-4-17(26-2)15(8-13)23-20(25)18-9-14(21)11-27-18/h3-11H,1-2H3,(H,23,25). The first-order valence-electron chi connectivity index (χ1n) is 8.22. The molecule has 0 aliphatic carbocycles. The molecule has 0 bridgehead atoms. The SMILES string of the molecule is COc1ccc(-c2cn3ccc(C)cc3n2)cc1NC(=O)c1cc(Br)cs1. The number of aromatic nitrogens is 2. The number of rotatable bonds is 4. The Balaban J connectivity index is 1.70. The number of imidazole rings is 1. The molecule has 0 fully saturated rings. The van der Waals surface area contributed by atoms with Crippen LogP contribution in [0.15, 0.2) is 58.6 Å². The number of hydrogen-bond donors (Lipinski definition) is 1. The van der Waals surface area contributed by atoms with Gasteiger partial charge in [0.2, 0.25) is 0 Å². The number of amides is 1. The van der Waals surface area contributed by atoms with Crippen molar-refractivity contribution in [2.75, 3.05) is 12.4 Å². The number of methoxy groups -OCH3 is 1. The lowest BCUT2D eigenvalue weighted by atomic mass is 10.1. The minimum absolute atomic E-state index is 0.174. The number of aryl methyl sites for hydroxylation is 1. The Kier molecular flexibility index (Phi) is 4.72. The van der Waals surface area contributed by atoms with Crippen LogP contribution < -0.4 is 10.1 Å². The smallest absolute Gasteiger partial charge is 0.265 e. The van der Waals surface area contributed by atoms with E-state index in [2.05, 4.69) is 26.2 Å². The average molecular weight is 442 g/mol. The number of pyridine rings is 1. The third-order valence-corrected chi connectivity index (χ3v) is 5.84. The van der Waals surface area contributed by atoms with Crippen LogP contribution >= 0.6 is 27.3 Å². The minimum atomic E-state index is -0.174. The summed E-state index contributed by atoms with van der Waals surface area (Å²) in [5.74, 6) is 0.425. The number of ether oxygens (including phenoxy) is 1. The monoisotopic (exact) mass is 441 g/mol. The molecule has 7 heteroatoms. The van der Waals surface area contributed by atoms with E-state index >= 15 is 0 Å². The van der Waals surface area contributed by atoms with Crippen molar-refractivity contribution in [3.8, 4) is 17.0 Å². The summed E-state index contributed by atoms with van der Waals surface area (Å²) in [5.41, 5.74) is 4.38. The number of carbonyl (C=O) groups is 1. The topological polar surface area (TPSA) is 55.6 Å². The Morgan fingerprint density at radius 3 is 2.85 bits per heavy atom. The Labute approximate surface area is 168 Å². The second kappa shape index (κ2) is 7.17. The lowest BCUT2D eigenvalue weighted by Gasteiger charge is -2.11. The highest BCUT2D eigenvalue weighted by atomic mass is 79.9. The van der Waals surface area contributed by atoms with E-state index in [9.17, 15) is 4.79 Å². The Bertz CT molecular complexity index is 1150. The molecule has 3 aromatic heterocycles. The number of thiophene rings is 1. The molecular formula is C20H16BrN3O2S. The maximum Gasteiger partial charge on any atom is 0.265 e. The van der Waals surface area contributed by atoms with Crippen molar-refractivity contribution in [1.82, 2.24) is 9.38 Å². The maximum absolute atomic E-state index is 12.5. The van der Waals surface area contributed by atoms with E-state index in [1.165, 1.54) is 11.3 Å². The van der Waals surface area contributed by atoms with Gasteiger partial charge < -0.3 is 14.5 Å². The number of carbonyl (C=O) groups excluding carboxylic acids is 1. The van der Waals surface area contributed by atoms with Crippen LogP contribution in [0.1, 0.15) is 15.2 Å². The number of nitrogens with one attached hydrogen (secondary N) is 1. The van der Waals surface area contributed by atoms with E-state index in [-0.39, 0.29) is 5.91 Å². The number of benzene rings is 1. The predicted octanol–water partition coefficient (Wildman–Crippen LogP) is 5.39. The van der Waals surface area contributed by atoms with Gasteiger partial charge in [-0.1, -0.05) is 0 Å². The summed E-state index contributed by atoms with van der Waals surface area (Å²) in [6.45, 7) is 2.04. The second-order valence-electron chi connectivity index (χ2n) is 6.09. The molecule has 0 saturated heterocycles. The lowest BCUT2D eigenvalue weighted by Crippen LogP contribution is -2.11. The Morgan fingerprint density at radius 1 is 1.26 bits per heavy atom. The van der Waals surface area contributed by atoms with Gasteiger partial charge in [0.05, 0.1) is 23.4 Å². The molecule has 0 aliphatic rings. The number of fused-ring (bicyclic) bond motifs is 1. The van der Waals surface area contributed by atoms with Crippen LogP contribution in [0.2, 0.25) is 0 Å². The number of halogens is 1. The summed E-state index contributed by atoms with van der Waals surface area (Å²) < 4.78 is 8.27. The van der Waals surface area contributed by atoms with E-state index < -0.39 is 0 Å². The van der Waals surface area contributed by atoms with Crippen LogP contribution in [0, 0.1) is 6.92 Å². The van der Waals surface area contributed by atoms with Crippen molar-refractivity contribution in [1.29, 1.82) is 0 Å². The fourth-order valence-electron chi connectivity index (χ4n) is 2.80. The quantitative estimate of drug-likeness (QED) is 0.461. The van der Waals surface area contributed by atoms with Crippen molar-refractivity contribution in [3.05, 3.63) is 69.1 Å². The van der Waals surface area contributed by atoms with Gasteiger partial charge in [0.1, 0.15) is 11.4 Å². The molecule has 4 aromatic rings. The molecule has 27 heavy (non-hydrogen) atoms. The first-order valence-corrected chi connectivity index (χ1v) is 9.90. The Morgan fingerprint density at radius 2 is 2.11 bits per heavy atom. The van der Waals surface area contributed by atoms with Crippen molar-refractivity contribution >= 4 is 44.5 Å². The molecule has 136 valence electrons. The zero-order valence-electron chi connectivity index (χ0n) is 14.7. The third kappa shape index (κ3) is 3.61. The zero-order valence-corrected chi connectivity index (χ0v) is 17.1. The maximum atomic E-state index is 12.5. The van der Waals surface area contributed by atoms with E-state index in [4.69, 9.17) is 4.74 Å². The number of hydrogen-bond acceptors (Lipinski definition) is 4. The molecule has 0 spiro atoms. The van der Waals surface area contributed by atoms with Crippen LogP contribution in [-0.4, -0.2) is 22.4 Å². The molecule has 4 rings (SSSR count). The molecule has 3 heterocycles. The zero-order chi connectivity index (χ0) is 19.0. The average Bonchev–Trinajstić information content (AvgIpc) is 3.27. The normalized spacial score (nSPS) is 10.9. The third-order valence-electron chi connectivity index (χ3n) is 4.15. The molecule has 0 aliphatic heterocycles. The van der Waals surface area contributed by atoms with Gasteiger partial charge in [-0.15, -0.1) is 11.3 Å². The number of nitrogens with zero attached hydrogens (tertiary/aromatic N) is 2. The molecule has 0 saturated carbocycles. The summed E-state index contributed by atoms with van der Waals surface area (Å²) >= 11 is 4.75. The highest BCUT2D eigenvalue weighted by Crippen LogP contribution is 2.31. The van der Waals surface area contributed by atoms with Gasteiger partial charge in [0, 0.05) is 27.8 Å². The van der Waals surface area contributed by atoms with E-state index in [0.29, 0.717) is 16.3 Å². The van der Waals surface area contributed by atoms with Crippen LogP contribution in [0.5, 0.6) is 5.75 Å². The van der Waals surface area contributed by atoms with E-state index in [1.54, 1.807) is 13.2 Å². The summed E-state index contributed by atoms with van der Waals surface area (Å²) in [7, 11) is 1.58. The minimum Gasteiger partial charge on any atom is -0.495 e. The van der Waals surface area contributed by atoms with Gasteiger partial charge in [-0.3, -0.25) is 4.79 Å². The molecule has 0 atom stereocenters. The number of anilines is 1. The van der Waals surface area contributed by atoms with Gasteiger partial charge >= 0.3 is 0 Å². The van der Waals surface area contributed by atoms with Gasteiger partial charge in [-0.05, 0) is 64.8 Å². The van der Waals surface area contributed by atoms with Crippen LogP contribution in [0.4, 0.5) is 5.69 Å². The molecule has 0 unspecified atom stereocenters. The fourth-order valence-corrected chi connectivity index (χ4v) is 4.13. The molecule has 1 amide bonds. The Hall–Kier alpha value is -2.64. The molecule has 0 radical (unpaired) electrons. The summed E-state index contributed by atoms with van der Waals surface area (Å²) in [4.78, 5) is 17.8. The van der Waals surface area contributed by atoms with Crippen LogP contribution in [0.3, 0.4) is 0 Å². The summed E-state index contributed by atoms with van der Waals surface area (Å²) in [6, 6.07) is 11.5. The molecule has 5 nitrogen and oxygen atoms in total. The predicted molar refractivity (Wildman–Crippen MR) is 112 cm³/mol. The highest BCUT2D eigenvalue weighted by Gasteiger charge is 2.14. The van der Waals surface area contributed by atoms with Crippen molar-refractivity contribution in [2.24, 2.45) is 0 Å². The summed E-state index contributed by atoms with van der Waals surface area (Å²) in [6.07, 6.45) is 3.96. The molecule has 1 N–H and O–H groups in total.